The van der Waals surface area contributed by atoms with Gasteiger partial charge < -0.3 is 19.3 Å². The Morgan fingerprint density at radius 1 is 1.36 bits per heavy atom. The summed E-state index contributed by atoms with van der Waals surface area (Å²) in [6, 6.07) is 7.79. The predicted molar refractivity (Wildman–Crippen MR) is 99.0 cm³/mol. The van der Waals surface area contributed by atoms with Gasteiger partial charge in [0.05, 0.1) is 13.7 Å². The van der Waals surface area contributed by atoms with E-state index >= 15 is 0 Å². The summed E-state index contributed by atoms with van der Waals surface area (Å²) in [5, 5.41) is 10.9. The van der Waals surface area contributed by atoms with Crippen LogP contribution in [-0.4, -0.2) is 47.3 Å². The Hall–Kier alpha value is -2.01. The fourth-order valence-corrected chi connectivity index (χ4v) is 4.15. The van der Waals surface area contributed by atoms with Gasteiger partial charge in [-0.1, -0.05) is 13.3 Å². The SMILES string of the molecule is CCCC1(CO)CCCN(C(=O)c2cc3cc(OC)ccc3n2C)C1. The van der Waals surface area contributed by atoms with Crippen LogP contribution in [0.3, 0.4) is 0 Å². The van der Waals surface area contributed by atoms with E-state index in [-0.39, 0.29) is 17.9 Å². The molecule has 25 heavy (non-hydrogen) atoms. The van der Waals surface area contributed by atoms with Gasteiger partial charge in [-0.05, 0) is 43.5 Å². The number of carbonyl (C=O) groups is 1. The number of ether oxygens (including phenoxy) is 1. The lowest BCUT2D eigenvalue weighted by molar-refractivity contribution is 0.0217. The first kappa shape index (κ1) is 17.8. The van der Waals surface area contributed by atoms with E-state index in [2.05, 4.69) is 6.92 Å². The molecular weight excluding hydrogens is 316 g/mol. The Morgan fingerprint density at radius 3 is 2.84 bits per heavy atom. The number of methoxy groups -OCH3 is 1. The number of aliphatic hydroxyl groups excluding tert-OH is 1. The Balaban J connectivity index is 1.90. The summed E-state index contributed by atoms with van der Waals surface area (Å²) in [6.45, 7) is 3.68. The van der Waals surface area contributed by atoms with Crippen molar-refractivity contribution in [1.82, 2.24) is 9.47 Å². The third kappa shape index (κ3) is 3.25. The van der Waals surface area contributed by atoms with E-state index in [1.165, 1.54) is 0 Å². The number of aliphatic hydroxyl groups is 1. The van der Waals surface area contributed by atoms with Gasteiger partial charge in [0.15, 0.2) is 0 Å². The van der Waals surface area contributed by atoms with Crippen molar-refractivity contribution in [2.75, 3.05) is 26.8 Å². The van der Waals surface area contributed by atoms with Crippen molar-refractivity contribution in [3.8, 4) is 5.75 Å². The Bertz CT molecular complexity index is 764. The fourth-order valence-electron chi connectivity index (χ4n) is 4.15. The van der Waals surface area contributed by atoms with E-state index in [1.807, 2.05) is 40.8 Å². The van der Waals surface area contributed by atoms with Gasteiger partial charge in [-0.2, -0.15) is 0 Å². The molecule has 2 aromatic rings. The zero-order valence-corrected chi connectivity index (χ0v) is 15.4. The highest BCUT2D eigenvalue weighted by Gasteiger charge is 2.36. The second-order valence-electron chi connectivity index (χ2n) is 7.25. The van der Waals surface area contributed by atoms with Crippen molar-refractivity contribution in [3.05, 3.63) is 30.0 Å². The molecule has 136 valence electrons. The molecule has 0 aliphatic carbocycles. The van der Waals surface area contributed by atoms with Gasteiger partial charge in [0.1, 0.15) is 11.4 Å². The van der Waals surface area contributed by atoms with Crippen molar-refractivity contribution in [2.45, 2.75) is 32.6 Å². The number of amides is 1. The minimum absolute atomic E-state index is 0.0475. The first-order valence-corrected chi connectivity index (χ1v) is 9.07. The molecule has 1 aromatic heterocycles. The number of aromatic nitrogens is 1. The number of nitrogens with zero attached hydrogens (tertiary/aromatic N) is 2. The van der Waals surface area contributed by atoms with Crippen molar-refractivity contribution < 1.29 is 14.6 Å². The number of aryl methyl sites for hydroxylation is 1. The zero-order chi connectivity index (χ0) is 18.0. The van der Waals surface area contributed by atoms with E-state index in [4.69, 9.17) is 4.74 Å². The third-order valence-corrected chi connectivity index (χ3v) is 5.53. The molecule has 0 saturated carbocycles. The van der Waals surface area contributed by atoms with Crippen molar-refractivity contribution in [2.24, 2.45) is 12.5 Å². The summed E-state index contributed by atoms with van der Waals surface area (Å²) in [7, 11) is 3.57. The minimum Gasteiger partial charge on any atom is -0.497 e. The standard InChI is InChI=1S/C20H28N2O3/c1-4-8-20(14-23)9-5-10-22(13-20)19(24)18-12-15-11-16(25-3)6-7-17(15)21(18)2/h6-7,11-12,23H,4-5,8-10,13-14H2,1-3H3. The van der Waals surface area contributed by atoms with E-state index < -0.39 is 0 Å². The summed E-state index contributed by atoms with van der Waals surface area (Å²) in [5.41, 5.74) is 1.56. The molecule has 1 atom stereocenters. The first-order valence-electron chi connectivity index (χ1n) is 9.07. The number of benzene rings is 1. The maximum Gasteiger partial charge on any atom is 0.270 e. The van der Waals surface area contributed by atoms with Crippen LogP contribution in [0.25, 0.3) is 10.9 Å². The highest BCUT2D eigenvalue weighted by atomic mass is 16.5. The van der Waals surface area contributed by atoms with Crippen LogP contribution in [0.1, 0.15) is 43.1 Å². The smallest absolute Gasteiger partial charge is 0.270 e. The van der Waals surface area contributed by atoms with Gasteiger partial charge >= 0.3 is 0 Å². The molecule has 5 nitrogen and oxygen atoms in total. The maximum atomic E-state index is 13.1. The molecule has 3 rings (SSSR count). The highest BCUT2D eigenvalue weighted by Crippen LogP contribution is 2.35. The summed E-state index contributed by atoms with van der Waals surface area (Å²) >= 11 is 0. The zero-order valence-electron chi connectivity index (χ0n) is 15.4. The van der Waals surface area contributed by atoms with E-state index in [0.29, 0.717) is 12.2 Å². The monoisotopic (exact) mass is 344 g/mol. The lowest BCUT2D eigenvalue weighted by Gasteiger charge is -2.41. The summed E-state index contributed by atoms with van der Waals surface area (Å²) in [4.78, 5) is 15.1. The Morgan fingerprint density at radius 2 is 2.16 bits per heavy atom. The van der Waals surface area contributed by atoms with Crippen LogP contribution in [-0.2, 0) is 7.05 Å². The molecule has 0 spiro atoms. The van der Waals surface area contributed by atoms with Crippen LogP contribution in [0.5, 0.6) is 5.75 Å². The quantitative estimate of drug-likeness (QED) is 0.906. The lowest BCUT2D eigenvalue weighted by Crippen LogP contribution is -2.48. The molecule has 0 bridgehead atoms. The number of piperidine rings is 1. The lowest BCUT2D eigenvalue weighted by atomic mass is 9.77. The average Bonchev–Trinajstić information content (AvgIpc) is 2.97. The normalized spacial score (nSPS) is 20.9. The van der Waals surface area contributed by atoms with E-state index in [9.17, 15) is 9.90 Å². The van der Waals surface area contributed by atoms with Gasteiger partial charge in [-0.25, -0.2) is 0 Å². The molecule has 0 radical (unpaired) electrons. The Kier molecular flexibility index (Phi) is 5.04. The molecule has 1 aromatic carbocycles. The second kappa shape index (κ2) is 7.08. The number of fused-ring (bicyclic) bond motifs is 1. The fraction of sp³-hybridized carbons (Fsp3) is 0.550. The minimum atomic E-state index is -0.142. The van der Waals surface area contributed by atoms with Gasteiger partial charge in [0.2, 0.25) is 0 Å². The predicted octanol–water partition coefficient (Wildman–Crippen LogP) is 3.20. The van der Waals surface area contributed by atoms with Crippen LogP contribution in [0, 0.1) is 5.41 Å². The van der Waals surface area contributed by atoms with Gasteiger partial charge in [-0.15, -0.1) is 0 Å². The molecule has 5 heteroatoms. The van der Waals surface area contributed by atoms with Crippen LogP contribution in [0.4, 0.5) is 0 Å². The molecule has 1 unspecified atom stereocenters. The largest absolute Gasteiger partial charge is 0.497 e. The summed E-state index contributed by atoms with van der Waals surface area (Å²) < 4.78 is 7.24. The topological polar surface area (TPSA) is 54.7 Å². The van der Waals surface area contributed by atoms with Crippen LogP contribution < -0.4 is 4.74 Å². The Labute approximate surface area is 149 Å². The molecule has 1 aliphatic heterocycles. The number of hydrogen-bond donors (Lipinski definition) is 1. The molecule has 1 saturated heterocycles. The van der Waals surface area contributed by atoms with Crippen LogP contribution >= 0.6 is 0 Å². The number of carbonyl (C=O) groups excluding carboxylic acids is 1. The number of hydrogen-bond acceptors (Lipinski definition) is 3. The van der Waals surface area contributed by atoms with Crippen LogP contribution in [0.15, 0.2) is 24.3 Å². The molecule has 2 heterocycles. The summed E-state index contributed by atoms with van der Waals surface area (Å²) in [6.07, 6.45) is 3.92. The van der Waals surface area contributed by atoms with E-state index in [0.717, 1.165) is 48.9 Å². The highest BCUT2D eigenvalue weighted by molar-refractivity contribution is 5.99. The summed E-state index contributed by atoms with van der Waals surface area (Å²) in [5.74, 6) is 0.837. The first-order chi connectivity index (χ1) is 12.0. The molecular formula is C20H28N2O3. The van der Waals surface area contributed by atoms with Crippen molar-refractivity contribution >= 4 is 16.8 Å². The molecule has 1 aliphatic rings. The average molecular weight is 344 g/mol. The van der Waals surface area contributed by atoms with E-state index in [1.54, 1.807) is 7.11 Å². The van der Waals surface area contributed by atoms with Crippen molar-refractivity contribution in [3.63, 3.8) is 0 Å². The second-order valence-corrected chi connectivity index (χ2v) is 7.25. The molecule has 1 amide bonds. The van der Waals surface area contributed by atoms with Gasteiger partial charge in [0.25, 0.3) is 5.91 Å². The number of rotatable bonds is 5. The van der Waals surface area contributed by atoms with Crippen LogP contribution in [0.2, 0.25) is 0 Å². The van der Waals surface area contributed by atoms with Crippen molar-refractivity contribution in [1.29, 1.82) is 0 Å². The maximum absolute atomic E-state index is 13.1. The molecule has 1 fully saturated rings. The van der Waals surface area contributed by atoms with Gasteiger partial charge in [-0.3, -0.25) is 4.79 Å². The van der Waals surface area contributed by atoms with Gasteiger partial charge in [0, 0.05) is 36.5 Å². The third-order valence-electron chi connectivity index (χ3n) is 5.53. The molecule has 1 N–H and O–H groups in total. The number of likely N-dealkylation sites (tertiary alicyclic amines) is 1.